The van der Waals surface area contributed by atoms with Gasteiger partial charge in [-0.3, -0.25) is 14.6 Å². The van der Waals surface area contributed by atoms with Gasteiger partial charge in [0.15, 0.2) is 12.0 Å². The van der Waals surface area contributed by atoms with Crippen LogP contribution in [0.15, 0.2) is 30.5 Å². The minimum absolute atomic E-state index is 0.00381. The fourth-order valence-corrected chi connectivity index (χ4v) is 4.27. The third-order valence-corrected chi connectivity index (χ3v) is 6.46. The van der Waals surface area contributed by atoms with E-state index in [4.69, 9.17) is 26.8 Å². The SMILES string of the molecule is CCNc1c(C=O)cc(Oc2ccnc3cc(OC[C@H](O)CN(CC)CC)c(C(=O)NC)cc23)c(N)c1Cl. The Morgan fingerprint density at radius 2 is 1.95 bits per heavy atom. The van der Waals surface area contributed by atoms with E-state index >= 15 is 0 Å². The van der Waals surface area contributed by atoms with Gasteiger partial charge in [0.05, 0.1) is 27.5 Å². The number of hydrogen-bond acceptors (Lipinski definition) is 9. The Labute approximate surface area is 227 Å². The van der Waals surface area contributed by atoms with E-state index in [9.17, 15) is 14.7 Å². The number of pyridine rings is 1. The van der Waals surface area contributed by atoms with Crippen molar-refractivity contribution in [1.29, 1.82) is 0 Å². The van der Waals surface area contributed by atoms with Crippen molar-refractivity contribution in [3.05, 3.63) is 46.6 Å². The molecule has 0 aliphatic carbocycles. The number of carbonyl (C=O) groups excluding carboxylic acids is 2. The van der Waals surface area contributed by atoms with Gasteiger partial charge in [-0.1, -0.05) is 25.4 Å². The van der Waals surface area contributed by atoms with Crippen molar-refractivity contribution in [2.75, 3.05) is 50.9 Å². The molecule has 1 heterocycles. The van der Waals surface area contributed by atoms with E-state index in [1.165, 1.54) is 13.1 Å². The molecule has 1 aromatic heterocycles. The number of rotatable bonds is 13. The number of aromatic nitrogens is 1. The number of nitrogen functional groups attached to an aromatic ring is 1. The van der Waals surface area contributed by atoms with Gasteiger partial charge in [-0.05, 0) is 38.2 Å². The van der Waals surface area contributed by atoms with Crippen LogP contribution in [0, 0.1) is 0 Å². The van der Waals surface area contributed by atoms with E-state index in [2.05, 4.69) is 20.5 Å². The zero-order valence-electron chi connectivity index (χ0n) is 22.0. The van der Waals surface area contributed by atoms with Crippen LogP contribution in [0.5, 0.6) is 17.2 Å². The van der Waals surface area contributed by atoms with E-state index in [-0.39, 0.29) is 40.3 Å². The molecule has 0 fully saturated rings. The van der Waals surface area contributed by atoms with E-state index in [0.717, 1.165) is 13.1 Å². The van der Waals surface area contributed by atoms with Crippen molar-refractivity contribution in [3.63, 3.8) is 0 Å². The fourth-order valence-electron chi connectivity index (χ4n) is 4.00. The van der Waals surface area contributed by atoms with E-state index in [1.54, 1.807) is 24.4 Å². The lowest BCUT2D eigenvalue weighted by Crippen LogP contribution is -2.35. The summed E-state index contributed by atoms with van der Waals surface area (Å²) in [6.07, 6.45) is 1.47. The number of benzene rings is 2. The summed E-state index contributed by atoms with van der Waals surface area (Å²) in [6, 6.07) is 6.36. The van der Waals surface area contributed by atoms with Crippen LogP contribution in [0.1, 0.15) is 41.5 Å². The highest BCUT2D eigenvalue weighted by atomic mass is 35.5. The van der Waals surface area contributed by atoms with E-state index < -0.39 is 6.10 Å². The summed E-state index contributed by atoms with van der Waals surface area (Å²) in [5.41, 5.74) is 7.86. The molecule has 204 valence electrons. The first kappa shape index (κ1) is 29.0. The summed E-state index contributed by atoms with van der Waals surface area (Å²) >= 11 is 6.43. The molecule has 2 aromatic carbocycles. The van der Waals surface area contributed by atoms with Crippen molar-refractivity contribution in [2.45, 2.75) is 26.9 Å². The van der Waals surface area contributed by atoms with Crippen LogP contribution < -0.4 is 25.8 Å². The molecule has 0 aliphatic rings. The Morgan fingerprint density at radius 3 is 2.58 bits per heavy atom. The summed E-state index contributed by atoms with van der Waals surface area (Å²) < 4.78 is 12.0. The maximum absolute atomic E-state index is 12.7. The van der Waals surface area contributed by atoms with Crippen LogP contribution in [0.25, 0.3) is 10.9 Å². The Kier molecular flexibility index (Phi) is 10.1. The number of ether oxygens (including phenoxy) is 2. The molecular formula is C27H34ClN5O5. The second-order valence-electron chi connectivity index (χ2n) is 8.52. The number of nitrogens with two attached hydrogens (primary N) is 1. The molecule has 11 heteroatoms. The third kappa shape index (κ3) is 6.45. The largest absolute Gasteiger partial charge is 0.490 e. The number of likely N-dealkylation sites (N-methyl/N-ethyl adjacent to an activating group) is 1. The van der Waals surface area contributed by atoms with Gasteiger partial charge in [0.1, 0.15) is 24.2 Å². The predicted octanol–water partition coefficient (Wildman–Crippen LogP) is 3.95. The number of fused-ring (bicyclic) bond motifs is 1. The quantitative estimate of drug-likeness (QED) is 0.186. The molecule has 0 aliphatic heterocycles. The van der Waals surface area contributed by atoms with Crippen LogP contribution >= 0.6 is 11.6 Å². The van der Waals surface area contributed by atoms with Gasteiger partial charge in [-0.15, -0.1) is 0 Å². The normalized spacial score (nSPS) is 11.9. The van der Waals surface area contributed by atoms with E-state index in [0.29, 0.717) is 47.3 Å². The van der Waals surface area contributed by atoms with Gasteiger partial charge < -0.3 is 35.8 Å². The number of aldehydes is 1. The van der Waals surface area contributed by atoms with Crippen LogP contribution in [0.3, 0.4) is 0 Å². The average molecular weight is 544 g/mol. The van der Waals surface area contributed by atoms with Crippen molar-refractivity contribution in [3.8, 4) is 17.2 Å². The third-order valence-electron chi connectivity index (χ3n) is 6.07. The zero-order chi connectivity index (χ0) is 27.8. The van der Waals surface area contributed by atoms with Crippen molar-refractivity contribution in [1.82, 2.24) is 15.2 Å². The second-order valence-corrected chi connectivity index (χ2v) is 8.90. The summed E-state index contributed by atoms with van der Waals surface area (Å²) in [6.45, 7) is 8.54. The molecule has 0 radical (unpaired) electrons. The first-order valence-electron chi connectivity index (χ1n) is 12.4. The monoisotopic (exact) mass is 543 g/mol. The molecule has 38 heavy (non-hydrogen) atoms. The number of aliphatic hydroxyl groups is 1. The molecule has 3 aromatic rings. The maximum Gasteiger partial charge on any atom is 0.254 e. The molecule has 5 N–H and O–H groups in total. The van der Waals surface area contributed by atoms with Crippen LogP contribution in [0.4, 0.5) is 11.4 Å². The predicted molar refractivity (Wildman–Crippen MR) is 150 cm³/mol. The topological polar surface area (TPSA) is 139 Å². The van der Waals surface area contributed by atoms with Gasteiger partial charge in [-0.25, -0.2) is 0 Å². The highest BCUT2D eigenvalue weighted by molar-refractivity contribution is 6.36. The Bertz CT molecular complexity index is 1300. The first-order chi connectivity index (χ1) is 18.3. The summed E-state index contributed by atoms with van der Waals surface area (Å²) in [7, 11) is 1.52. The summed E-state index contributed by atoms with van der Waals surface area (Å²) in [4.78, 5) is 30.9. The van der Waals surface area contributed by atoms with Gasteiger partial charge in [0.25, 0.3) is 5.91 Å². The Balaban J connectivity index is 2.00. The highest BCUT2D eigenvalue weighted by Gasteiger charge is 2.20. The molecular weight excluding hydrogens is 510 g/mol. The lowest BCUT2D eigenvalue weighted by Gasteiger charge is -2.22. The zero-order valence-corrected chi connectivity index (χ0v) is 22.8. The highest BCUT2D eigenvalue weighted by Crippen LogP contribution is 2.42. The number of hydrogen-bond donors (Lipinski definition) is 4. The van der Waals surface area contributed by atoms with Crippen molar-refractivity contribution in [2.24, 2.45) is 0 Å². The van der Waals surface area contributed by atoms with Gasteiger partial charge >= 0.3 is 0 Å². The molecule has 1 atom stereocenters. The molecule has 0 spiro atoms. The standard InChI is InChI=1S/C27H34ClN5O5/c1-5-31-26-16(14-34)10-23(25(29)24(26)28)38-21-8-9-32-20-12-22(19(11-18(20)21)27(36)30-4)37-15-17(35)13-33(6-2)7-3/h8-12,14,17,31,35H,5-7,13,15,29H2,1-4H3,(H,30,36)/t17-/m1/s1. The number of halogens is 1. The van der Waals surface area contributed by atoms with Gasteiger partial charge in [0.2, 0.25) is 0 Å². The van der Waals surface area contributed by atoms with Crippen LogP contribution in [-0.4, -0.2) is 73.1 Å². The lowest BCUT2D eigenvalue weighted by molar-refractivity contribution is 0.0706. The average Bonchev–Trinajstić information content (AvgIpc) is 2.93. The number of anilines is 2. The Hall–Kier alpha value is -3.60. The smallest absolute Gasteiger partial charge is 0.254 e. The molecule has 0 saturated heterocycles. The number of amides is 1. The number of carbonyl (C=O) groups is 2. The molecule has 0 bridgehead atoms. The van der Waals surface area contributed by atoms with Gasteiger partial charge in [-0.2, -0.15) is 0 Å². The summed E-state index contributed by atoms with van der Waals surface area (Å²) in [5, 5.41) is 16.8. The molecule has 0 unspecified atom stereocenters. The van der Waals surface area contributed by atoms with Gasteiger partial charge in [0, 0.05) is 43.4 Å². The van der Waals surface area contributed by atoms with Crippen LogP contribution in [0.2, 0.25) is 5.02 Å². The molecule has 3 rings (SSSR count). The molecule has 1 amide bonds. The maximum atomic E-state index is 12.7. The van der Waals surface area contributed by atoms with Crippen LogP contribution in [-0.2, 0) is 0 Å². The Morgan fingerprint density at radius 1 is 1.21 bits per heavy atom. The number of aliphatic hydroxyl groups excluding tert-OH is 1. The lowest BCUT2D eigenvalue weighted by atomic mass is 10.1. The number of nitrogens with one attached hydrogen (secondary N) is 2. The van der Waals surface area contributed by atoms with Crippen molar-refractivity contribution >= 4 is 46.1 Å². The summed E-state index contributed by atoms with van der Waals surface area (Å²) in [5.74, 6) is 0.438. The first-order valence-corrected chi connectivity index (χ1v) is 12.8. The van der Waals surface area contributed by atoms with E-state index in [1.807, 2.05) is 20.8 Å². The minimum atomic E-state index is -0.740. The minimum Gasteiger partial charge on any atom is -0.490 e. The molecule has 0 saturated carbocycles. The fraction of sp³-hybridized carbons (Fsp3) is 0.370. The van der Waals surface area contributed by atoms with Crippen molar-refractivity contribution < 1.29 is 24.2 Å². The number of nitrogens with zero attached hydrogens (tertiary/aromatic N) is 2. The molecule has 10 nitrogen and oxygen atoms in total. The second kappa shape index (κ2) is 13.3.